The molecular weight excluding hydrogens is 230 g/mol. The van der Waals surface area contributed by atoms with E-state index < -0.39 is 6.10 Å². The van der Waals surface area contributed by atoms with Crippen LogP contribution in [0.5, 0.6) is 0 Å². The summed E-state index contributed by atoms with van der Waals surface area (Å²) in [5.41, 5.74) is 0. The molecule has 18 heavy (non-hydrogen) atoms. The summed E-state index contributed by atoms with van der Waals surface area (Å²) in [6.45, 7) is 5.98. The molecule has 1 atom stereocenters. The molecule has 1 aliphatic heterocycles. The van der Waals surface area contributed by atoms with Crippen LogP contribution in [0.2, 0.25) is 0 Å². The van der Waals surface area contributed by atoms with Gasteiger partial charge in [-0.1, -0.05) is 26.7 Å². The van der Waals surface area contributed by atoms with Crippen molar-refractivity contribution in [2.24, 2.45) is 5.92 Å². The standard InChI is InChI=1S/C13H23N3O2/c1-10(2)11(17)9-12-14-13(15-18-12)16-7-5-3-4-6-8-16/h10-11,17H,3-9H2,1-2H3. The van der Waals surface area contributed by atoms with Gasteiger partial charge in [0.15, 0.2) is 0 Å². The maximum Gasteiger partial charge on any atom is 0.266 e. The number of hydrogen-bond donors (Lipinski definition) is 1. The van der Waals surface area contributed by atoms with Crippen LogP contribution in [0.1, 0.15) is 45.4 Å². The summed E-state index contributed by atoms with van der Waals surface area (Å²) >= 11 is 0. The Morgan fingerprint density at radius 1 is 1.22 bits per heavy atom. The number of rotatable bonds is 4. The molecule has 1 aromatic rings. The number of aliphatic hydroxyl groups excluding tert-OH is 1. The van der Waals surface area contributed by atoms with Gasteiger partial charge in [0.2, 0.25) is 5.89 Å². The molecule has 5 nitrogen and oxygen atoms in total. The second-order valence-electron chi connectivity index (χ2n) is 5.40. The lowest BCUT2D eigenvalue weighted by Gasteiger charge is -2.16. The Hall–Kier alpha value is -1.10. The molecule has 1 aromatic heterocycles. The number of aliphatic hydroxyl groups is 1. The van der Waals surface area contributed by atoms with Crippen LogP contribution < -0.4 is 4.90 Å². The van der Waals surface area contributed by atoms with Gasteiger partial charge in [-0.3, -0.25) is 0 Å². The van der Waals surface area contributed by atoms with Crippen molar-refractivity contribution in [3.63, 3.8) is 0 Å². The minimum absolute atomic E-state index is 0.207. The molecule has 0 bridgehead atoms. The molecule has 1 fully saturated rings. The maximum absolute atomic E-state index is 9.80. The lowest BCUT2D eigenvalue weighted by molar-refractivity contribution is 0.116. The fourth-order valence-corrected chi connectivity index (χ4v) is 2.14. The smallest absolute Gasteiger partial charge is 0.266 e. The normalized spacial score (nSPS) is 19.0. The van der Waals surface area contributed by atoms with Crippen molar-refractivity contribution in [1.29, 1.82) is 0 Å². The van der Waals surface area contributed by atoms with Gasteiger partial charge in [-0.05, 0) is 23.9 Å². The highest BCUT2D eigenvalue weighted by atomic mass is 16.5. The molecule has 0 radical (unpaired) electrons. The Balaban J connectivity index is 1.96. The van der Waals surface area contributed by atoms with Gasteiger partial charge in [0.1, 0.15) is 0 Å². The first kappa shape index (κ1) is 13.3. The minimum Gasteiger partial charge on any atom is -0.392 e. The highest BCUT2D eigenvalue weighted by Gasteiger charge is 2.18. The second-order valence-corrected chi connectivity index (χ2v) is 5.40. The SMILES string of the molecule is CC(C)C(O)Cc1nc(N2CCCCCC2)no1. The summed E-state index contributed by atoms with van der Waals surface area (Å²) in [4.78, 5) is 6.57. The van der Waals surface area contributed by atoms with Crippen LogP contribution in [0, 0.1) is 5.92 Å². The average Bonchev–Trinajstić information content (AvgIpc) is 2.63. The quantitative estimate of drug-likeness (QED) is 0.889. The van der Waals surface area contributed by atoms with E-state index in [0.717, 1.165) is 13.1 Å². The second kappa shape index (κ2) is 6.18. The van der Waals surface area contributed by atoms with E-state index >= 15 is 0 Å². The Bertz CT molecular complexity index is 357. The van der Waals surface area contributed by atoms with Crippen molar-refractivity contribution in [3.05, 3.63) is 5.89 Å². The molecule has 0 amide bonds. The van der Waals surface area contributed by atoms with Crippen molar-refractivity contribution in [1.82, 2.24) is 10.1 Å². The number of nitrogens with zero attached hydrogens (tertiary/aromatic N) is 3. The number of aromatic nitrogens is 2. The number of anilines is 1. The van der Waals surface area contributed by atoms with Gasteiger partial charge in [-0.2, -0.15) is 4.98 Å². The molecule has 2 heterocycles. The Kier molecular flexibility index (Phi) is 4.58. The van der Waals surface area contributed by atoms with Crippen LogP contribution in [-0.4, -0.2) is 34.4 Å². The van der Waals surface area contributed by atoms with Gasteiger partial charge < -0.3 is 14.5 Å². The highest BCUT2D eigenvalue weighted by molar-refractivity contribution is 5.27. The van der Waals surface area contributed by atoms with Crippen molar-refractivity contribution in [3.8, 4) is 0 Å². The van der Waals surface area contributed by atoms with E-state index in [1.807, 2.05) is 13.8 Å². The van der Waals surface area contributed by atoms with Crippen molar-refractivity contribution >= 4 is 5.95 Å². The van der Waals surface area contributed by atoms with Crippen molar-refractivity contribution < 1.29 is 9.63 Å². The molecule has 0 spiro atoms. The predicted molar refractivity (Wildman–Crippen MR) is 69.5 cm³/mol. The van der Waals surface area contributed by atoms with Gasteiger partial charge in [0.25, 0.3) is 5.95 Å². The lowest BCUT2D eigenvalue weighted by Crippen LogP contribution is -2.25. The molecule has 0 aromatic carbocycles. The molecule has 2 rings (SSSR count). The largest absolute Gasteiger partial charge is 0.392 e. The third-order valence-corrected chi connectivity index (χ3v) is 3.50. The van der Waals surface area contributed by atoms with Crippen LogP contribution in [0.3, 0.4) is 0 Å². The monoisotopic (exact) mass is 253 g/mol. The summed E-state index contributed by atoms with van der Waals surface area (Å²) in [6.07, 6.45) is 4.98. The fourth-order valence-electron chi connectivity index (χ4n) is 2.14. The molecule has 5 heteroatoms. The van der Waals surface area contributed by atoms with Crippen LogP contribution in [0.25, 0.3) is 0 Å². The highest BCUT2D eigenvalue weighted by Crippen LogP contribution is 2.17. The van der Waals surface area contributed by atoms with E-state index in [-0.39, 0.29) is 5.92 Å². The summed E-state index contributed by atoms with van der Waals surface area (Å²) in [7, 11) is 0. The van der Waals surface area contributed by atoms with E-state index in [4.69, 9.17) is 4.52 Å². The Labute approximate surface area is 108 Å². The molecular formula is C13H23N3O2. The van der Waals surface area contributed by atoms with Gasteiger partial charge in [-0.15, -0.1) is 0 Å². The zero-order valence-corrected chi connectivity index (χ0v) is 11.3. The molecule has 1 N–H and O–H groups in total. The minimum atomic E-state index is -0.414. The predicted octanol–water partition coefficient (Wildman–Crippen LogP) is 2.01. The molecule has 1 unspecified atom stereocenters. The molecule has 1 aliphatic rings. The molecule has 102 valence electrons. The van der Waals surface area contributed by atoms with Gasteiger partial charge in [0, 0.05) is 13.1 Å². The molecule has 1 saturated heterocycles. The van der Waals surface area contributed by atoms with Crippen LogP contribution in [0.4, 0.5) is 5.95 Å². The first-order valence-electron chi connectivity index (χ1n) is 6.92. The summed E-state index contributed by atoms with van der Waals surface area (Å²) in [6, 6.07) is 0. The number of hydrogen-bond acceptors (Lipinski definition) is 5. The zero-order chi connectivity index (χ0) is 13.0. The third-order valence-electron chi connectivity index (χ3n) is 3.50. The Morgan fingerprint density at radius 3 is 2.50 bits per heavy atom. The topological polar surface area (TPSA) is 62.4 Å². The van der Waals surface area contributed by atoms with Crippen LogP contribution in [-0.2, 0) is 6.42 Å². The first-order chi connectivity index (χ1) is 8.66. The molecule has 0 saturated carbocycles. The van der Waals surface area contributed by atoms with Gasteiger partial charge >= 0.3 is 0 Å². The van der Waals surface area contributed by atoms with Crippen molar-refractivity contribution in [2.45, 2.75) is 52.1 Å². The van der Waals surface area contributed by atoms with E-state index in [2.05, 4.69) is 15.0 Å². The lowest BCUT2D eigenvalue weighted by atomic mass is 10.0. The van der Waals surface area contributed by atoms with Gasteiger partial charge in [0.05, 0.1) is 12.5 Å². The third kappa shape index (κ3) is 3.45. The average molecular weight is 253 g/mol. The Morgan fingerprint density at radius 2 is 1.89 bits per heavy atom. The van der Waals surface area contributed by atoms with E-state index in [1.165, 1.54) is 25.7 Å². The van der Waals surface area contributed by atoms with Gasteiger partial charge in [-0.25, -0.2) is 0 Å². The van der Waals surface area contributed by atoms with E-state index in [0.29, 0.717) is 18.3 Å². The first-order valence-corrected chi connectivity index (χ1v) is 6.92. The fraction of sp³-hybridized carbons (Fsp3) is 0.846. The summed E-state index contributed by atoms with van der Waals surface area (Å²) in [5.74, 6) is 1.43. The van der Waals surface area contributed by atoms with Crippen molar-refractivity contribution in [2.75, 3.05) is 18.0 Å². The van der Waals surface area contributed by atoms with Crippen LogP contribution in [0.15, 0.2) is 4.52 Å². The van der Waals surface area contributed by atoms with E-state index in [1.54, 1.807) is 0 Å². The maximum atomic E-state index is 9.80. The molecule has 0 aliphatic carbocycles. The van der Waals surface area contributed by atoms with Crippen LogP contribution >= 0.6 is 0 Å². The summed E-state index contributed by atoms with van der Waals surface area (Å²) in [5, 5.41) is 13.8. The summed E-state index contributed by atoms with van der Waals surface area (Å²) < 4.78 is 5.22. The zero-order valence-electron chi connectivity index (χ0n) is 11.3. The van der Waals surface area contributed by atoms with E-state index in [9.17, 15) is 5.11 Å².